The number of para-hydroxylation sites is 2. The number of aromatic nitrogens is 3. The molecule has 3 aromatic carbocycles. The average Bonchev–Trinajstić information content (AvgIpc) is 3.13. The Morgan fingerprint density at radius 3 is 2.51 bits per heavy atom. The van der Waals surface area contributed by atoms with Gasteiger partial charge in [-0.25, -0.2) is 9.97 Å². The van der Waals surface area contributed by atoms with Gasteiger partial charge in [0.25, 0.3) is 5.91 Å². The predicted octanol–water partition coefficient (Wildman–Crippen LogP) is 4.93. The highest BCUT2D eigenvalue weighted by Crippen LogP contribution is 2.29. The van der Waals surface area contributed by atoms with E-state index in [-0.39, 0.29) is 17.3 Å². The van der Waals surface area contributed by atoms with Crippen LogP contribution in [0.5, 0.6) is 5.75 Å². The molecule has 0 aliphatic rings. The lowest BCUT2D eigenvalue weighted by Crippen LogP contribution is -2.14. The predicted molar refractivity (Wildman–Crippen MR) is 139 cm³/mol. The number of nitrogen functional groups attached to an aromatic ring is 1. The van der Waals surface area contributed by atoms with Crippen molar-refractivity contribution >= 4 is 45.8 Å². The number of ether oxygens (including phenoxy) is 1. The summed E-state index contributed by atoms with van der Waals surface area (Å²) in [5.74, 6) is 0.477. The van der Waals surface area contributed by atoms with Gasteiger partial charge in [0.2, 0.25) is 0 Å². The van der Waals surface area contributed by atoms with Gasteiger partial charge in [-0.1, -0.05) is 30.3 Å². The first-order chi connectivity index (χ1) is 16.9. The SMILES string of the molecule is COc1cccc(C=Nn2c(N)c(C(=O)Nc3ccc(C)c(C)c3)c3nc4ccccc4nc32)c1. The highest BCUT2D eigenvalue weighted by molar-refractivity contribution is 6.16. The van der Waals surface area contributed by atoms with Crippen LogP contribution < -0.4 is 15.8 Å². The highest BCUT2D eigenvalue weighted by atomic mass is 16.5. The van der Waals surface area contributed by atoms with Gasteiger partial charge in [-0.15, -0.1) is 0 Å². The minimum atomic E-state index is -0.379. The van der Waals surface area contributed by atoms with Crippen LogP contribution in [0.1, 0.15) is 27.0 Å². The van der Waals surface area contributed by atoms with Gasteiger partial charge in [-0.05, 0) is 66.9 Å². The summed E-state index contributed by atoms with van der Waals surface area (Å²) in [6.45, 7) is 4.02. The average molecular weight is 465 g/mol. The minimum absolute atomic E-state index is 0.149. The molecule has 2 heterocycles. The number of nitrogens with one attached hydrogen (secondary N) is 1. The van der Waals surface area contributed by atoms with E-state index in [1.807, 2.05) is 80.6 Å². The molecule has 0 bridgehead atoms. The van der Waals surface area contributed by atoms with Gasteiger partial charge in [-0.2, -0.15) is 9.78 Å². The van der Waals surface area contributed by atoms with Crippen LogP contribution in [0.3, 0.4) is 0 Å². The second kappa shape index (κ2) is 8.90. The summed E-state index contributed by atoms with van der Waals surface area (Å²) in [6.07, 6.45) is 1.64. The lowest BCUT2D eigenvalue weighted by molar-refractivity contribution is 0.102. The van der Waals surface area contributed by atoms with E-state index in [2.05, 4.69) is 10.4 Å². The van der Waals surface area contributed by atoms with Crippen LogP contribution in [-0.2, 0) is 0 Å². The first-order valence-corrected chi connectivity index (χ1v) is 11.1. The van der Waals surface area contributed by atoms with Gasteiger partial charge in [-0.3, -0.25) is 4.79 Å². The molecular formula is C27H24N6O2. The third-order valence-electron chi connectivity index (χ3n) is 5.88. The Hall–Kier alpha value is -4.72. The van der Waals surface area contributed by atoms with Crippen molar-refractivity contribution in [3.8, 4) is 5.75 Å². The maximum Gasteiger partial charge on any atom is 0.261 e. The summed E-state index contributed by atoms with van der Waals surface area (Å²) in [7, 11) is 1.61. The van der Waals surface area contributed by atoms with Crippen molar-refractivity contribution in [2.75, 3.05) is 18.2 Å². The maximum atomic E-state index is 13.4. The molecule has 0 atom stereocenters. The standard InChI is InChI=1S/C27H24N6O2/c1-16-11-12-19(13-17(16)2)30-27(34)23-24-26(32-22-10-5-4-9-21(22)31-24)33(25(23)28)29-15-18-7-6-8-20(14-18)35-3/h4-15H,28H2,1-3H3,(H,30,34). The van der Waals surface area contributed by atoms with Crippen LogP contribution in [0.25, 0.3) is 22.2 Å². The number of amides is 1. The molecule has 174 valence electrons. The van der Waals surface area contributed by atoms with Crippen molar-refractivity contribution < 1.29 is 9.53 Å². The molecule has 2 aromatic heterocycles. The lowest BCUT2D eigenvalue weighted by atomic mass is 10.1. The van der Waals surface area contributed by atoms with E-state index in [0.29, 0.717) is 33.6 Å². The fourth-order valence-corrected chi connectivity index (χ4v) is 3.85. The number of nitrogens with zero attached hydrogens (tertiary/aromatic N) is 4. The van der Waals surface area contributed by atoms with Gasteiger partial charge in [0.05, 0.1) is 24.4 Å². The van der Waals surface area contributed by atoms with Crippen molar-refractivity contribution in [1.29, 1.82) is 0 Å². The van der Waals surface area contributed by atoms with Crippen LogP contribution in [0.4, 0.5) is 11.5 Å². The summed E-state index contributed by atoms with van der Waals surface area (Å²) in [4.78, 5) is 22.9. The maximum absolute atomic E-state index is 13.4. The Labute approximate surface area is 202 Å². The summed E-state index contributed by atoms with van der Waals surface area (Å²) in [5, 5.41) is 7.49. The zero-order valence-corrected chi connectivity index (χ0v) is 19.6. The van der Waals surface area contributed by atoms with Crippen LogP contribution in [0.2, 0.25) is 0 Å². The van der Waals surface area contributed by atoms with Crippen molar-refractivity contribution in [1.82, 2.24) is 14.6 Å². The highest BCUT2D eigenvalue weighted by Gasteiger charge is 2.24. The van der Waals surface area contributed by atoms with Crippen LogP contribution in [-0.4, -0.2) is 33.9 Å². The van der Waals surface area contributed by atoms with Gasteiger partial charge in [0.1, 0.15) is 22.6 Å². The molecule has 0 aliphatic carbocycles. The largest absolute Gasteiger partial charge is 0.497 e. The lowest BCUT2D eigenvalue weighted by Gasteiger charge is -2.08. The second-order valence-electron chi connectivity index (χ2n) is 8.23. The number of anilines is 2. The van der Waals surface area contributed by atoms with E-state index in [1.54, 1.807) is 13.3 Å². The number of carbonyl (C=O) groups is 1. The number of nitrogens with two attached hydrogens (primary N) is 1. The van der Waals surface area contributed by atoms with E-state index in [1.165, 1.54) is 4.68 Å². The normalized spacial score (nSPS) is 11.4. The number of carbonyl (C=O) groups excluding carboxylic acids is 1. The molecular weight excluding hydrogens is 440 g/mol. The fraction of sp³-hybridized carbons (Fsp3) is 0.111. The van der Waals surface area contributed by atoms with E-state index in [9.17, 15) is 4.79 Å². The monoisotopic (exact) mass is 464 g/mol. The molecule has 1 amide bonds. The van der Waals surface area contributed by atoms with Crippen molar-refractivity contribution in [3.63, 3.8) is 0 Å². The van der Waals surface area contributed by atoms with Gasteiger partial charge < -0.3 is 15.8 Å². The third-order valence-corrected chi connectivity index (χ3v) is 5.88. The van der Waals surface area contributed by atoms with Crippen LogP contribution >= 0.6 is 0 Å². The minimum Gasteiger partial charge on any atom is -0.497 e. The van der Waals surface area contributed by atoms with Gasteiger partial charge in [0.15, 0.2) is 5.65 Å². The fourth-order valence-electron chi connectivity index (χ4n) is 3.85. The Morgan fingerprint density at radius 1 is 1.00 bits per heavy atom. The van der Waals surface area contributed by atoms with E-state index >= 15 is 0 Å². The number of benzene rings is 3. The second-order valence-corrected chi connectivity index (χ2v) is 8.23. The molecule has 0 unspecified atom stereocenters. The molecule has 3 N–H and O–H groups in total. The number of rotatable bonds is 5. The number of hydrogen-bond donors (Lipinski definition) is 2. The van der Waals surface area contributed by atoms with Gasteiger partial charge >= 0.3 is 0 Å². The molecule has 5 aromatic rings. The Balaban J connectivity index is 1.64. The van der Waals surface area contributed by atoms with E-state index < -0.39 is 0 Å². The molecule has 0 spiro atoms. The molecule has 35 heavy (non-hydrogen) atoms. The molecule has 0 saturated carbocycles. The Morgan fingerprint density at radius 2 is 1.77 bits per heavy atom. The molecule has 5 rings (SSSR count). The molecule has 0 aliphatic heterocycles. The molecule has 0 fully saturated rings. The molecule has 0 saturated heterocycles. The van der Waals surface area contributed by atoms with Gasteiger partial charge in [0, 0.05) is 5.69 Å². The van der Waals surface area contributed by atoms with Crippen molar-refractivity contribution in [2.45, 2.75) is 13.8 Å². The molecule has 8 heteroatoms. The third kappa shape index (κ3) is 4.17. The van der Waals surface area contributed by atoms with Crippen LogP contribution in [0, 0.1) is 13.8 Å². The number of aryl methyl sites for hydroxylation is 2. The first kappa shape index (κ1) is 22.1. The number of hydrogen-bond acceptors (Lipinski definition) is 6. The zero-order valence-electron chi connectivity index (χ0n) is 19.6. The first-order valence-electron chi connectivity index (χ1n) is 11.1. The summed E-state index contributed by atoms with van der Waals surface area (Å²) < 4.78 is 6.74. The van der Waals surface area contributed by atoms with E-state index in [0.717, 1.165) is 16.7 Å². The molecule has 8 nitrogen and oxygen atoms in total. The Kier molecular flexibility index (Phi) is 5.62. The number of fused-ring (bicyclic) bond motifs is 2. The quantitative estimate of drug-likeness (QED) is 0.359. The zero-order chi connectivity index (χ0) is 24.5. The summed E-state index contributed by atoms with van der Waals surface area (Å²) in [5.41, 5.74) is 12.5. The van der Waals surface area contributed by atoms with E-state index in [4.69, 9.17) is 20.4 Å². The number of methoxy groups -OCH3 is 1. The molecule has 0 radical (unpaired) electrons. The summed E-state index contributed by atoms with van der Waals surface area (Å²) >= 11 is 0. The van der Waals surface area contributed by atoms with Crippen molar-refractivity contribution in [2.24, 2.45) is 5.10 Å². The van der Waals surface area contributed by atoms with Crippen molar-refractivity contribution in [3.05, 3.63) is 89.0 Å². The smallest absolute Gasteiger partial charge is 0.261 e. The summed E-state index contributed by atoms with van der Waals surface area (Å²) in [6, 6.07) is 20.7. The Bertz CT molecular complexity index is 1620. The van der Waals surface area contributed by atoms with Crippen LogP contribution in [0.15, 0.2) is 71.8 Å². The topological polar surface area (TPSA) is 107 Å².